The molecule has 0 radical (unpaired) electrons. The van der Waals surface area contributed by atoms with Gasteiger partial charge in [-0.1, -0.05) is 13.8 Å². The van der Waals surface area contributed by atoms with Crippen LogP contribution in [0.5, 0.6) is 0 Å². The van der Waals surface area contributed by atoms with Crippen LogP contribution in [-0.4, -0.2) is 9.78 Å². The van der Waals surface area contributed by atoms with Gasteiger partial charge in [0.05, 0.1) is 12.7 Å². The molecule has 0 fully saturated rings. The first-order valence-electron chi connectivity index (χ1n) is 5.52. The smallest absolute Gasteiger partial charge is 0.126 e. The van der Waals surface area contributed by atoms with Crippen LogP contribution in [0.25, 0.3) is 0 Å². The Bertz CT molecular complexity index is 498. The topological polar surface area (TPSA) is 17.8 Å². The fourth-order valence-corrected chi connectivity index (χ4v) is 1.65. The molecule has 0 saturated carbocycles. The van der Waals surface area contributed by atoms with E-state index >= 15 is 0 Å². The van der Waals surface area contributed by atoms with Gasteiger partial charge in [-0.2, -0.15) is 5.10 Å². The van der Waals surface area contributed by atoms with Gasteiger partial charge in [0.2, 0.25) is 0 Å². The molecular formula is C13H14F2N2. The number of rotatable bonds is 3. The van der Waals surface area contributed by atoms with Gasteiger partial charge in [-0.3, -0.25) is 4.68 Å². The lowest BCUT2D eigenvalue weighted by Crippen LogP contribution is -2.01. The minimum absolute atomic E-state index is 0.376. The van der Waals surface area contributed by atoms with Gasteiger partial charge in [-0.25, -0.2) is 8.78 Å². The number of aromatic nitrogens is 2. The summed E-state index contributed by atoms with van der Waals surface area (Å²) in [6, 6.07) is 3.51. The van der Waals surface area contributed by atoms with E-state index in [1.165, 1.54) is 12.1 Å². The van der Waals surface area contributed by atoms with E-state index in [9.17, 15) is 8.78 Å². The Morgan fingerprint density at radius 2 is 1.82 bits per heavy atom. The van der Waals surface area contributed by atoms with Crippen molar-refractivity contribution in [3.8, 4) is 0 Å². The molecule has 2 rings (SSSR count). The third kappa shape index (κ3) is 2.90. The van der Waals surface area contributed by atoms with Gasteiger partial charge < -0.3 is 0 Å². The second-order valence-electron chi connectivity index (χ2n) is 4.40. The van der Waals surface area contributed by atoms with E-state index in [1.54, 1.807) is 10.9 Å². The molecule has 2 nitrogen and oxygen atoms in total. The minimum Gasteiger partial charge on any atom is -0.268 e. The highest BCUT2D eigenvalue weighted by molar-refractivity contribution is 5.19. The first kappa shape index (κ1) is 11.8. The first-order chi connectivity index (χ1) is 8.04. The highest BCUT2D eigenvalue weighted by Crippen LogP contribution is 2.14. The number of nitrogens with zero attached hydrogens (tertiary/aromatic N) is 2. The summed E-state index contributed by atoms with van der Waals surface area (Å²) in [6.45, 7) is 4.52. The zero-order valence-electron chi connectivity index (χ0n) is 9.82. The molecule has 0 bridgehead atoms. The Labute approximate surface area is 98.9 Å². The Balaban J connectivity index is 2.19. The molecule has 0 saturated heterocycles. The van der Waals surface area contributed by atoms with Crippen LogP contribution in [0.3, 0.4) is 0 Å². The summed E-state index contributed by atoms with van der Waals surface area (Å²) in [5, 5.41) is 4.16. The van der Waals surface area contributed by atoms with Crippen molar-refractivity contribution >= 4 is 0 Å². The molecule has 0 aliphatic heterocycles. The molecule has 1 heterocycles. The van der Waals surface area contributed by atoms with Gasteiger partial charge in [-0.05, 0) is 29.2 Å². The Morgan fingerprint density at radius 1 is 1.18 bits per heavy atom. The zero-order chi connectivity index (χ0) is 12.4. The van der Waals surface area contributed by atoms with E-state index in [0.29, 0.717) is 18.0 Å². The van der Waals surface area contributed by atoms with Gasteiger partial charge in [0, 0.05) is 12.3 Å². The van der Waals surface area contributed by atoms with E-state index in [-0.39, 0.29) is 0 Å². The number of hydrogen-bond donors (Lipinski definition) is 0. The van der Waals surface area contributed by atoms with Crippen molar-refractivity contribution in [2.24, 2.45) is 0 Å². The highest BCUT2D eigenvalue weighted by Gasteiger charge is 2.05. The lowest BCUT2D eigenvalue weighted by molar-refractivity contribution is 0.574. The molecule has 0 unspecified atom stereocenters. The van der Waals surface area contributed by atoms with Crippen molar-refractivity contribution in [3.63, 3.8) is 0 Å². The molecule has 2 aromatic rings. The van der Waals surface area contributed by atoms with E-state index in [2.05, 4.69) is 18.9 Å². The Kier molecular flexibility index (Phi) is 3.22. The summed E-state index contributed by atoms with van der Waals surface area (Å²) in [5.74, 6) is -0.722. The third-order valence-corrected chi connectivity index (χ3v) is 2.59. The van der Waals surface area contributed by atoms with Crippen molar-refractivity contribution < 1.29 is 8.78 Å². The van der Waals surface area contributed by atoms with Gasteiger partial charge in [0.25, 0.3) is 0 Å². The van der Waals surface area contributed by atoms with Crippen molar-refractivity contribution in [1.82, 2.24) is 9.78 Å². The van der Waals surface area contributed by atoms with Crippen molar-refractivity contribution in [2.45, 2.75) is 26.3 Å². The maximum atomic E-state index is 13.0. The Hall–Kier alpha value is -1.71. The van der Waals surface area contributed by atoms with Gasteiger partial charge in [0.15, 0.2) is 0 Å². The van der Waals surface area contributed by atoms with E-state index in [0.717, 1.165) is 11.6 Å². The van der Waals surface area contributed by atoms with Crippen LogP contribution >= 0.6 is 0 Å². The maximum absolute atomic E-state index is 13.0. The average molecular weight is 236 g/mol. The van der Waals surface area contributed by atoms with Crippen LogP contribution in [0.4, 0.5) is 8.78 Å². The van der Waals surface area contributed by atoms with Crippen LogP contribution < -0.4 is 0 Å². The highest BCUT2D eigenvalue weighted by atomic mass is 19.1. The predicted molar refractivity (Wildman–Crippen MR) is 61.8 cm³/mol. The summed E-state index contributed by atoms with van der Waals surface area (Å²) in [7, 11) is 0. The van der Waals surface area contributed by atoms with Gasteiger partial charge in [-0.15, -0.1) is 0 Å². The SMILES string of the molecule is CC(C)c1cnn(Cc2cc(F)cc(F)c2)c1. The molecule has 0 aliphatic rings. The monoisotopic (exact) mass is 236 g/mol. The van der Waals surface area contributed by atoms with Crippen molar-refractivity contribution in [3.05, 3.63) is 53.4 Å². The largest absolute Gasteiger partial charge is 0.268 e. The van der Waals surface area contributed by atoms with Crippen LogP contribution in [0.1, 0.15) is 30.9 Å². The number of benzene rings is 1. The first-order valence-corrected chi connectivity index (χ1v) is 5.52. The fraction of sp³-hybridized carbons (Fsp3) is 0.308. The molecule has 0 aliphatic carbocycles. The molecule has 0 amide bonds. The third-order valence-electron chi connectivity index (χ3n) is 2.59. The normalized spacial score (nSPS) is 11.1. The quantitative estimate of drug-likeness (QED) is 0.799. The molecular weight excluding hydrogens is 222 g/mol. The summed E-state index contributed by atoms with van der Waals surface area (Å²) < 4.78 is 27.7. The van der Waals surface area contributed by atoms with E-state index in [1.807, 2.05) is 6.20 Å². The number of halogens is 2. The van der Waals surface area contributed by atoms with Crippen molar-refractivity contribution in [1.29, 1.82) is 0 Å². The van der Waals surface area contributed by atoms with Crippen LogP contribution in [0.15, 0.2) is 30.6 Å². The van der Waals surface area contributed by atoms with Gasteiger partial charge >= 0.3 is 0 Å². The van der Waals surface area contributed by atoms with E-state index in [4.69, 9.17) is 0 Å². The molecule has 90 valence electrons. The van der Waals surface area contributed by atoms with Crippen LogP contribution in [0.2, 0.25) is 0 Å². The minimum atomic E-state index is -0.559. The maximum Gasteiger partial charge on any atom is 0.126 e. The van der Waals surface area contributed by atoms with Gasteiger partial charge in [0.1, 0.15) is 11.6 Å². The molecule has 17 heavy (non-hydrogen) atoms. The summed E-state index contributed by atoms with van der Waals surface area (Å²) in [5.41, 5.74) is 1.68. The fourth-order valence-electron chi connectivity index (χ4n) is 1.65. The predicted octanol–water partition coefficient (Wildman–Crippen LogP) is 3.33. The van der Waals surface area contributed by atoms with Crippen LogP contribution in [0, 0.1) is 11.6 Å². The summed E-state index contributed by atoms with van der Waals surface area (Å²) in [4.78, 5) is 0. The van der Waals surface area contributed by atoms with E-state index < -0.39 is 11.6 Å². The molecule has 0 spiro atoms. The Morgan fingerprint density at radius 3 is 2.35 bits per heavy atom. The molecule has 4 heteroatoms. The molecule has 1 aromatic heterocycles. The lowest BCUT2D eigenvalue weighted by atomic mass is 10.1. The standard InChI is InChI=1S/C13H14F2N2/c1-9(2)11-6-16-17(8-11)7-10-3-12(14)5-13(15)4-10/h3-6,8-9H,7H2,1-2H3. The second kappa shape index (κ2) is 4.65. The zero-order valence-corrected chi connectivity index (χ0v) is 9.82. The summed E-state index contributed by atoms with van der Waals surface area (Å²) in [6.07, 6.45) is 3.67. The lowest BCUT2D eigenvalue weighted by Gasteiger charge is -2.03. The van der Waals surface area contributed by atoms with Crippen LogP contribution in [-0.2, 0) is 6.54 Å². The molecule has 0 atom stereocenters. The van der Waals surface area contributed by atoms with Crippen molar-refractivity contribution in [2.75, 3.05) is 0 Å². The number of hydrogen-bond acceptors (Lipinski definition) is 1. The molecule has 0 N–H and O–H groups in total. The molecule has 1 aromatic carbocycles. The summed E-state index contributed by atoms with van der Waals surface area (Å²) >= 11 is 0. The average Bonchev–Trinajstić information content (AvgIpc) is 2.64. The second-order valence-corrected chi connectivity index (χ2v) is 4.40.